The fourth-order valence-electron chi connectivity index (χ4n) is 5.35. The van der Waals surface area contributed by atoms with Crippen molar-refractivity contribution in [1.29, 1.82) is 0 Å². The van der Waals surface area contributed by atoms with Crippen LogP contribution in [-0.4, -0.2) is 53.8 Å². The smallest absolute Gasteiger partial charge is 0.408 e. The van der Waals surface area contributed by atoms with Crippen molar-refractivity contribution in [1.82, 2.24) is 10.6 Å². The predicted molar refractivity (Wildman–Crippen MR) is 189 cm³/mol. The largest absolute Gasteiger partial charge is 0.467 e. The molecule has 0 radical (unpaired) electrons. The van der Waals surface area contributed by atoms with Crippen LogP contribution in [0.25, 0.3) is 0 Å². The molecule has 1 amide bonds. The van der Waals surface area contributed by atoms with Crippen LogP contribution in [-0.2, 0) is 35.9 Å². The molecule has 8 nitrogen and oxygen atoms in total. The lowest BCUT2D eigenvalue weighted by Gasteiger charge is -2.39. The van der Waals surface area contributed by atoms with Crippen molar-refractivity contribution in [3.8, 4) is 0 Å². The van der Waals surface area contributed by atoms with Crippen molar-refractivity contribution in [3.63, 3.8) is 0 Å². The van der Waals surface area contributed by atoms with Crippen LogP contribution in [0.1, 0.15) is 49.9 Å². The van der Waals surface area contributed by atoms with Crippen LogP contribution in [0.4, 0.5) is 4.79 Å². The van der Waals surface area contributed by atoms with E-state index < -0.39 is 46.5 Å². The number of esters is 2. The van der Waals surface area contributed by atoms with E-state index in [0.29, 0.717) is 0 Å². The van der Waals surface area contributed by atoms with Gasteiger partial charge in [-0.3, -0.25) is 10.1 Å². The Balaban J connectivity index is 1.72. The number of hydrogen-bond acceptors (Lipinski definition) is 8. The number of alkyl carbamates (subject to hydrolysis) is 1. The molecule has 0 aliphatic heterocycles. The van der Waals surface area contributed by atoms with Gasteiger partial charge in [0.15, 0.2) is 0 Å². The zero-order chi connectivity index (χ0) is 34.6. The molecule has 3 atom stereocenters. The van der Waals surface area contributed by atoms with E-state index in [-0.39, 0.29) is 12.4 Å². The Morgan fingerprint density at radius 1 is 0.708 bits per heavy atom. The van der Waals surface area contributed by atoms with Crippen molar-refractivity contribution < 1.29 is 28.6 Å². The maximum Gasteiger partial charge on any atom is 0.408 e. The van der Waals surface area contributed by atoms with Crippen molar-refractivity contribution in [2.24, 2.45) is 0 Å². The zero-order valence-corrected chi connectivity index (χ0v) is 28.9. The van der Waals surface area contributed by atoms with E-state index in [1.165, 1.54) is 18.9 Å². The highest BCUT2D eigenvalue weighted by Gasteiger charge is 2.41. The molecular formula is C39H44N2O6S. The molecule has 0 bridgehead atoms. The third-order valence-corrected chi connectivity index (χ3v) is 8.97. The average molecular weight is 669 g/mol. The Hall–Kier alpha value is -4.60. The van der Waals surface area contributed by atoms with Crippen LogP contribution in [0.2, 0.25) is 0 Å². The SMILES string of the molecule is COC(=O)[C@@H](NC(=O)OC(C)(C)C)[C@@H](C)SC[C@H](NC(c1ccccc1)(c1ccccc1)c1ccccc1)C(=O)OCc1ccccc1. The number of rotatable bonds is 14. The molecule has 0 aliphatic rings. The lowest BCUT2D eigenvalue weighted by molar-refractivity contribution is -0.147. The number of thioether (sulfide) groups is 1. The number of hydrogen-bond donors (Lipinski definition) is 2. The molecule has 9 heteroatoms. The number of carbonyl (C=O) groups is 3. The number of methoxy groups -OCH3 is 1. The number of benzene rings is 4. The molecule has 0 aliphatic carbocycles. The van der Waals surface area contributed by atoms with E-state index >= 15 is 0 Å². The highest BCUT2D eigenvalue weighted by atomic mass is 32.2. The molecule has 4 aromatic carbocycles. The Labute approximate surface area is 287 Å². The van der Waals surface area contributed by atoms with Gasteiger partial charge in [-0.15, -0.1) is 0 Å². The number of carbonyl (C=O) groups excluding carboxylic acids is 3. The first-order valence-electron chi connectivity index (χ1n) is 15.9. The fraction of sp³-hybridized carbons (Fsp3) is 0.308. The lowest BCUT2D eigenvalue weighted by atomic mass is 9.76. The second-order valence-corrected chi connectivity index (χ2v) is 13.7. The van der Waals surface area contributed by atoms with Gasteiger partial charge in [0, 0.05) is 11.0 Å². The van der Waals surface area contributed by atoms with E-state index in [1.807, 2.05) is 121 Å². The maximum absolute atomic E-state index is 14.1. The zero-order valence-electron chi connectivity index (χ0n) is 28.1. The molecule has 2 N–H and O–H groups in total. The van der Waals surface area contributed by atoms with E-state index in [4.69, 9.17) is 14.2 Å². The van der Waals surface area contributed by atoms with Crippen molar-refractivity contribution in [3.05, 3.63) is 144 Å². The molecule has 48 heavy (non-hydrogen) atoms. The fourth-order valence-corrected chi connectivity index (χ4v) is 6.43. The number of ether oxygens (including phenoxy) is 3. The summed E-state index contributed by atoms with van der Waals surface area (Å²) in [5.41, 5.74) is 1.94. The van der Waals surface area contributed by atoms with Crippen molar-refractivity contribution in [2.75, 3.05) is 12.9 Å². The minimum absolute atomic E-state index is 0.0953. The standard InChI is InChI=1S/C39H44N2O6S/c1-28(34(36(43)45-5)40-37(44)47-38(2,3)4)48-27-33(35(42)46-26-29-18-10-6-11-19-29)41-39(30-20-12-7-13-21-30,31-22-14-8-15-23-31)32-24-16-9-17-25-32/h6-25,28,33-34,41H,26-27H2,1-5H3,(H,40,44)/t28-,33+,34+/m1/s1. The van der Waals surface area contributed by atoms with Crippen LogP contribution in [0, 0.1) is 0 Å². The molecule has 0 heterocycles. The van der Waals surface area contributed by atoms with Gasteiger partial charge in [0.25, 0.3) is 0 Å². The normalized spacial score (nSPS) is 13.4. The summed E-state index contributed by atoms with van der Waals surface area (Å²) in [5.74, 6) is -0.878. The van der Waals surface area contributed by atoms with Crippen LogP contribution in [0.3, 0.4) is 0 Å². The van der Waals surface area contributed by atoms with Gasteiger partial charge >= 0.3 is 18.0 Å². The van der Waals surface area contributed by atoms with Gasteiger partial charge in [-0.2, -0.15) is 11.8 Å². The second kappa shape index (κ2) is 17.0. The Morgan fingerprint density at radius 2 is 1.17 bits per heavy atom. The van der Waals surface area contributed by atoms with Gasteiger partial charge in [-0.25, -0.2) is 9.59 Å². The summed E-state index contributed by atoms with van der Waals surface area (Å²) in [6, 6.07) is 37.5. The quantitative estimate of drug-likeness (QED) is 0.0853. The maximum atomic E-state index is 14.1. The van der Waals surface area contributed by atoms with Crippen LogP contribution < -0.4 is 10.6 Å². The molecule has 4 rings (SSSR count). The molecule has 252 valence electrons. The van der Waals surface area contributed by atoms with Crippen LogP contribution >= 0.6 is 11.8 Å². The van der Waals surface area contributed by atoms with E-state index in [9.17, 15) is 14.4 Å². The lowest BCUT2D eigenvalue weighted by Crippen LogP contribution is -2.54. The van der Waals surface area contributed by atoms with E-state index in [0.717, 1.165) is 22.3 Å². The second-order valence-electron chi connectivity index (χ2n) is 12.3. The molecule has 0 saturated heterocycles. The molecule has 4 aromatic rings. The molecule has 0 spiro atoms. The first kappa shape index (κ1) is 36.2. The van der Waals surface area contributed by atoms with E-state index in [1.54, 1.807) is 27.7 Å². The van der Waals surface area contributed by atoms with Gasteiger partial charge in [-0.05, 0) is 43.0 Å². The minimum Gasteiger partial charge on any atom is -0.467 e. The third-order valence-electron chi connectivity index (χ3n) is 7.64. The van der Waals surface area contributed by atoms with Crippen molar-refractivity contribution >= 4 is 29.8 Å². The molecule has 0 saturated carbocycles. The Kier molecular flexibility index (Phi) is 12.8. The van der Waals surface area contributed by atoms with Gasteiger partial charge in [0.1, 0.15) is 24.3 Å². The highest BCUT2D eigenvalue weighted by Crippen LogP contribution is 2.38. The van der Waals surface area contributed by atoms with Crippen LogP contribution in [0.5, 0.6) is 0 Å². The molecule has 0 aromatic heterocycles. The third kappa shape index (κ3) is 9.71. The van der Waals surface area contributed by atoms with Gasteiger partial charge in [0.2, 0.25) is 0 Å². The highest BCUT2D eigenvalue weighted by molar-refractivity contribution is 8.00. The Bertz CT molecular complexity index is 1500. The molecular weight excluding hydrogens is 625 g/mol. The van der Waals surface area contributed by atoms with E-state index in [2.05, 4.69) is 10.6 Å². The summed E-state index contributed by atoms with van der Waals surface area (Å²) < 4.78 is 16.4. The predicted octanol–water partition coefficient (Wildman–Crippen LogP) is 6.87. The topological polar surface area (TPSA) is 103 Å². The first-order chi connectivity index (χ1) is 23.0. The number of amides is 1. The summed E-state index contributed by atoms with van der Waals surface area (Å²) in [4.78, 5) is 39.7. The first-order valence-corrected chi connectivity index (χ1v) is 16.9. The molecule has 0 unspecified atom stereocenters. The summed E-state index contributed by atoms with van der Waals surface area (Å²) in [6.45, 7) is 7.13. The van der Waals surface area contributed by atoms with Gasteiger partial charge in [0.05, 0.1) is 12.6 Å². The van der Waals surface area contributed by atoms with Crippen LogP contribution in [0.15, 0.2) is 121 Å². The summed E-state index contributed by atoms with van der Waals surface area (Å²) >= 11 is 1.34. The van der Waals surface area contributed by atoms with Crippen molar-refractivity contribution in [2.45, 2.75) is 62.8 Å². The summed E-state index contributed by atoms with van der Waals surface area (Å²) in [7, 11) is 1.27. The van der Waals surface area contributed by atoms with Gasteiger partial charge < -0.3 is 19.5 Å². The average Bonchev–Trinajstić information content (AvgIpc) is 3.10. The molecule has 0 fully saturated rings. The minimum atomic E-state index is -1.03. The summed E-state index contributed by atoms with van der Waals surface area (Å²) in [6.07, 6.45) is -0.737. The Morgan fingerprint density at radius 3 is 1.60 bits per heavy atom. The summed E-state index contributed by atoms with van der Waals surface area (Å²) in [5, 5.41) is 5.89. The number of nitrogens with one attached hydrogen (secondary N) is 2. The monoisotopic (exact) mass is 668 g/mol. The van der Waals surface area contributed by atoms with Gasteiger partial charge in [-0.1, -0.05) is 128 Å².